The lowest BCUT2D eigenvalue weighted by molar-refractivity contribution is 0.188. The van der Waals surface area contributed by atoms with Gasteiger partial charge in [0.05, 0.1) is 16.8 Å². The number of nitrogens with zero attached hydrogens (tertiary/aromatic N) is 4. The Balaban J connectivity index is 1.70. The number of hydrogen-bond donors (Lipinski definition) is 1. The van der Waals surface area contributed by atoms with Crippen LogP contribution in [0.2, 0.25) is 0 Å². The van der Waals surface area contributed by atoms with E-state index in [2.05, 4.69) is 16.1 Å². The first kappa shape index (κ1) is 16.6. The molecule has 3 heterocycles. The van der Waals surface area contributed by atoms with E-state index in [4.69, 9.17) is 15.1 Å². The Morgan fingerprint density at radius 1 is 1.12 bits per heavy atom. The van der Waals surface area contributed by atoms with Gasteiger partial charge in [-0.3, -0.25) is 4.90 Å². The molecule has 1 N–H and O–H groups in total. The van der Waals surface area contributed by atoms with Crippen LogP contribution in [0.5, 0.6) is 0 Å². The first-order valence-corrected chi connectivity index (χ1v) is 10.8. The molecule has 0 amide bonds. The highest BCUT2D eigenvalue weighted by atomic mass is 32.2. The standard InChI is InChI=1S/C17H24N4OS2/c1-23-17-18-14-12-4-2-3-5-13(12)24-15(14)16(19-17)21-8-6-20(7-9-21)10-11-22/h22H,2-11H2,1H3. The Kier molecular flexibility index (Phi) is 4.94. The minimum atomic E-state index is 0.242. The molecule has 2 aromatic heterocycles. The summed E-state index contributed by atoms with van der Waals surface area (Å²) in [5, 5.41) is 10.0. The fourth-order valence-corrected chi connectivity index (χ4v) is 5.42. The number of rotatable bonds is 4. The molecule has 0 saturated carbocycles. The van der Waals surface area contributed by atoms with Gasteiger partial charge in [0.2, 0.25) is 0 Å². The number of thioether (sulfide) groups is 1. The van der Waals surface area contributed by atoms with E-state index >= 15 is 0 Å². The van der Waals surface area contributed by atoms with Gasteiger partial charge in [-0.15, -0.1) is 11.3 Å². The van der Waals surface area contributed by atoms with Crippen LogP contribution in [0.4, 0.5) is 5.82 Å². The first-order chi connectivity index (χ1) is 11.8. The zero-order valence-electron chi connectivity index (χ0n) is 14.1. The molecule has 0 radical (unpaired) electrons. The van der Waals surface area contributed by atoms with Crippen LogP contribution in [0.3, 0.4) is 0 Å². The molecule has 1 saturated heterocycles. The molecule has 0 spiro atoms. The molecule has 1 fully saturated rings. The second-order valence-corrected chi connectivity index (χ2v) is 8.35. The average Bonchev–Trinajstić information content (AvgIpc) is 3.00. The largest absolute Gasteiger partial charge is 0.395 e. The van der Waals surface area contributed by atoms with Gasteiger partial charge in [-0.1, -0.05) is 11.8 Å². The van der Waals surface area contributed by atoms with Crippen molar-refractivity contribution >= 4 is 39.1 Å². The molecule has 24 heavy (non-hydrogen) atoms. The van der Waals surface area contributed by atoms with Crippen LogP contribution >= 0.6 is 23.1 Å². The van der Waals surface area contributed by atoms with Crippen molar-refractivity contribution in [2.75, 3.05) is 50.5 Å². The number of aromatic nitrogens is 2. The van der Waals surface area contributed by atoms with E-state index in [9.17, 15) is 0 Å². The molecular weight excluding hydrogens is 340 g/mol. The molecule has 130 valence electrons. The zero-order chi connectivity index (χ0) is 16.5. The summed E-state index contributed by atoms with van der Waals surface area (Å²) in [5.74, 6) is 1.13. The molecule has 1 aliphatic carbocycles. The van der Waals surface area contributed by atoms with E-state index < -0.39 is 0 Å². The van der Waals surface area contributed by atoms with Crippen LogP contribution in [0.25, 0.3) is 10.2 Å². The molecule has 1 aliphatic heterocycles. The fourth-order valence-electron chi connectivity index (χ4n) is 3.71. The van der Waals surface area contributed by atoms with Gasteiger partial charge in [-0.2, -0.15) is 0 Å². The van der Waals surface area contributed by atoms with Crippen molar-refractivity contribution in [2.24, 2.45) is 0 Å². The highest BCUT2D eigenvalue weighted by Crippen LogP contribution is 2.40. The van der Waals surface area contributed by atoms with Crippen LogP contribution in [0.15, 0.2) is 5.16 Å². The van der Waals surface area contributed by atoms with Crippen molar-refractivity contribution in [2.45, 2.75) is 30.8 Å². The number of β-amino-alcohol motifs (C(OH)–C–C–N with tert-alkyl or cyclic N) is 1. The molecule has 0 aromatic carbocycles. The smallest absolute Gasteiger partial charge is 0.189 e. The fraction of sp³-hybridized carbons (Fsp3) is 0.647. The summed E-state index contributed by atoms with van der Waals surface area (Å²) in [6.07, 6.45) is 7.02. The van der Waals surface area contributed by atoms with Crippen molar-refractivity contribution in [3.05, 3.63) is 10.4 Å². The van der Waals surface area contributed by atoms with Crippen LogP contribution in [0, 0.1) is 0 Å². The highest BCUT2D eigenvalue weighted by Gasteiger charge is 2.25. The lowest BCUT2D eigenvalue weighted by Crippen LogP contribution is -2.47. The normalized spacial score (nSPS) is 19.0. The van der Waals surface area contributed by atoms with Crippen LogP contribution in [-0.4, -0.2) is 65.6 Å². The van der Waals surface area contributed by atoms with Crippen molar-refractivity contribution in [1.29, 1.82) is 0 Å². The molecule has 5 nitrogen and oxygen atoms in total. The van der Waals surface area contributed by atoms with E-state index in [1.54, 1.807) is 11.8 Å². The molecule has 2 aromatic rings. The summed E-state index contributed by atoms with van der Waals surface area (Å²) in [7, 11) is 0. The minimum absolute atomic E-state index is 0.242. The summed E-state index contributed by atoms with van der Waals surface area (Å²) in [4.78, 5) is 16.0. The Labute approximate surface area is 151 Å². The molecular formula is C17H24N4OS2. The summed E-state index contributed by atoms with van der Waals surface area (Å²) in [5.41, 5.74) is 2.70. The van der Waals surface area contributed by atoms with Gasteiger partial charge >= 0.3 is 0 Å². The maximum Gasteiger partial charge on any atom is 0.189 e. The number of fused-ring (bicyclic) bond motifs is 3. The highest BCUT2D eigenvalue weighted by molar-refractivity contribution is 7.98. The van der Waals surface area contributed by atoms with Crippen molar-refractivity contribution in [3.63, 3.8) is 0 Å². The number of aryl methyl sites for hydroxylation is 2. The number of hydrogen-bond acceptors (Lipinski definition) is 7. The van der Waals surface area contributed by atoms with Gasteiger partial charge in [0.1, 0.15) is 0 Å². The zero-order valence-corrected chi connectivity index (χ0v) is 15.8. The number of aliphatic hydroxyl groups is 1. The van der Waals surface area contributed by atoms with Crippen LogP contribution < -0.4 is 4.90 Å². The Morgan fingerprint density at radius 2 is 1.92 bits per heavy atom. The second-order valence-electron chi connectivity index (χ2n) is 6.47. The van der Waals surface area contributed by atoms with E-state index in [1.807, 2.05) is 11.3 Å². The number of thiophene rings is 1. The van der Waals surface area contributed by atoms with Gasteiger partial charge < -0.3 is 10.0 Å². The average molecular weight is 365 g/mol. The lowest BCUT2D eigenvalue weighted by atomic mass is 9.98. The Morgan fingerprint density at radius 3 is 2.67 bits per heavy atom. The predicted molar refractivity (Wildman–Crippen MR) is 102 cm³/mol. The Bertz CT molecular complexity index is 725. The third-order valence-electron chi connectivity index (χ3n) is 5.03. The Hall–Kier alpha value is -0.890. The number of piperazine rings is 1. The first-order valence-electron chi connectivity index (χ1n) is 8.74. The van der Waals surface area contributed by atoms with Gasteiger partial charge in [0.25, 0.3) is 0 Å². The molecule has 7 heteroatoms. The molecule has 0 unspecified atom stereocenters. The summed E-state index contributed by atoms with van der Waals surface area (Å²) in [6, 6.07) is 0. The van der Waals surface area contributed by atoms with E-state index in [1.165, 1.54) is 46.3 Å². The molecule has 0 atom stereocenters. The van der Waals surface area contributed by atoms with Crippen molar-refractivity contribution in [3.8, 4) is 0 Å². The van der Waals surface area contributed by atoms with Gasteiger partial charge in [0, 0.05) is 37.6 Å². The monoisotopic (exact) mass is 364 g/mol. The SMILES string of the molecule is CSc1nc(N2CCN(CCO)CC2)c2sc3c(c2n1)CCCC3. The van der Waals surface area contributed by atoms with Gasteiger partial charge in [-0.05, 0) is 37.5 Å². The minimum Gasteiger partial charge on any atom is -0.395 e. The molecule has 4 rings (SSSR count). The quantitative estimate of drug-likeness (QED) is 0.664. The molecule has 2 aliphatic rings. The van der Waals surface area contributed by atoms with Gasteiger partial charge in [-0.25, -0.2) is 9.97 Å². The predicted octanol–water partition coefficient (Wildman–Crippen LogP) is 2.41. The van der Waals surface area contributed by atoms with E-state index in [0.717, 1.165) is 43.7 Å². The van der Waals surface area contributed by atoms with Crippen molar-refractivity contribution in [1.82, 2.24) is 14.9 Å². The van der Waals surface area contributed by atoms with Crippen LogP contribution in [0.1, 0.15) is 23.3 Å². The third kappa shape index (κ3) is 3.03. The topological polar surface area (TPSA) is 52.5 Å². The summed E-state index contributed by atoms with van der Waals surface area (Å²) >= 11 is 3.56. The van der Waals surface area contributed by atoms with Crippen molar-refractivity contribution < 1.29 is 5.11 Å². The molecule has 0 bridgehead atoms. The van der Waals surface area contributed by atoms with E-state index in [-0.39, 0.29) is 6.61 Å². The van der Waals surface area contributed by atoms with Crippen LogP contribution in [-0.2, 0) is 12.8 Å². The number of anilines is 1. The van der Waals surface area contributed by atoms with E-state index in [0.29, 0.717) is 0 Å². The summed E-state index contributed by atoms with van der Waals surface area (Å²) < 4.78 is 1.29. The van der Waals surface area contributed by atoms with Gasteiger partial charge in [0.15, 0.2) is 11.0 Å². The third-order valence-corrected chi connectivity index (χ3v) is 6.85. The number of aliphatic hydroxyl groups excluding tert-OH is 1. The second kappa shape index (κ2) is 7.15. The lowest BCUT2D eigenvalue weighted by Gasteiger charge is -2.35. The maximum absolute atomic E-state index is 9.13. The maximum atomic E-state index is 9.13. The summed E-state index contributed by atoms with van der Waals surface area (Å²) in [6.45, 7) is 4.95.